The molecule has 1 aliphatic rings. The van der Waals surface area contributed by atoms with Gasteiger partial charge in [0, 0.05) is 45.0 Å². The number of guanidine groups is 1. The minimum atomic E-state index is 0. The first-order valence-electron chi connectivity index (χ1n) is 10.3. The van der Waals surface area contributed by atoms with E-state index >= 15 is 0 Å². The topological polar surface area (TPSA) is 60.0 Å². The van der Waals surface area contributed by atoms with Gasteiger partial charge < -0.3 is 20.4 Å². The number of nitrogens with one attached hydrogen (secondary N) is 2. The SMILES string of the molecule is CCNC(=NCC(=O)N1CCCCC1)NCCCN(CC)c1ccccc1.I. The zero-order valence-electron chi connectivity index (χ0n) is 17.3. The molecule has 0 saturated carbocycles. The Morgan fingerprint density at radius 3 is 2.46 bits per heavy atom. The van der Waals surface area contributed by atoms with Crippen LogP contribution in [0, 0.1) is 0 Å². The van der Waals surface area contributed by atoms with E-state index < -0.39 is 0 Å². The average molecular weight is 501 g/mol. The molecule has 0 radical (unpaired) electrons. The van der Waals surface area contributed by atoms with E-state index in [1.165, 1.54) is 12.1 Å². The van der Waals surface area contributed by atoms with E-state index in [1.54, 1.807) is 0 Å². The molecule has 0 aliphatic carbocycles. The number of hydrogen-bond donors (Lipinski definition) is 2. The highest BCUT2D eigenvalue weighted by molar-refractivity contribution is 14.0. The van der Waals surface area contributed by atoms with Crippen LogP contribution in [0.1, 0.15) is 39.5 Å². The van der Waals surface area contributed by atoms with Crippen LogP contribution in [-0.2, 0) is 4.79 Å². The second kappa shape index (κ2) is 14.5. The number of hydrogen-bond acceptors (Lipinski definition) is 3. The van der Waals surface area contributed by atoms with Crippen molar-refractivity contribution in [3.05, 3.63) is 30.3 Å². The van der Waals surface area contributed by atoms with E-state index in [-0.39, 0.29) is 36.4 Å². The lowest BCUT2D eigenvalue weighted by Gasteiger charge is -2.26. The third kappa shape index (κ3) is 8.67. The Morgan fingerprint density at radius 2 is 1.82 bits per heavy atom. The van der Waals surface area contributed by atoms with Crippen molar-refractivity contribution in [2.45, 2.75) is 39.5 Å². The van der Waals surface area contributed by atoms with Crippen molar-refractivity contribution in [1.29, 1.82) is 0 Å². The minimum absolute atomic E-state index is 0. The standard InChI is InChI=1S/C21H35N5O.HI/c1-3-22-21(24-18-20(27)26-15-9-6-10-16-26)23-14-11-17-25(4-2)19-12-7-5-8-13-19;/h5,7-8,12-13H,3-4,6,9-11,14-18H2,1-2H3,(H2,22,23,24);1H. The molecule has 2 N–H and O–H groups in total. The molecule has 6 nitrogen and oxygen atoms in total. The van der Waals surface area contributed by atoms with Crippen LogP contribution < -0.4 is 15.5 Å². The molecule has 0 unspecified atom stereocenters. The molecule has 2 rings (SSSR count). The summed E-state index contributed by atoms with van der Waals surface area (Å²) in [5, 5.41) is 6.58. The molecule has 1 amide bonds. The Bertz CT molecular complexity index is 575. The first kappa shape index (κ1) is 24.5. The van der Waals surface area contributed by atoms with Gasteiger partial charge >= 0.3 is 0 Å². The molecule has 1 saturated heterocycles. The van der Waals surface area contributed by atoms with E-state index in [1.807, 2.05) is 17.9 Å². The van der Waals surface area contributed by atoms with Crippen molar-refractivity contribution in [2.75, 3.05) is 50.7 Å². The lowest BCUT2D eigenvalue weighted by Crippen LogP contribution is -2.41. The number of piperidine rings is 1. The van der Waals surface area contributed by atoms with Crippen LogP contribution >= 0.6 is 24.0 Å². The highest BCUT2D eigenvalue weighted by Gasteiger charge is 2.15. The summed E-state index contributed by atoms with van der Waals surface area (Å²) in [6.07, 6.45) is 4.47. The molecule has 1 fully saturated rings. The first-order valence-corrected chi connectivity index (χ1v) is 10.3. The molecule has 7 heteroatoms. The molecular formula is C21H36IN5O. The van der Waals surface area contributed by atoms with E-state index in [0.717, 1.165) is 64.5 Å². The monoisotopic (exact) mass is 501 g/mol. The zero-order valence-corrected chi connectivity index (χ0v) is 19.7. The predicted molar refractivity (Wildman–Crippen MR) is 129 cm³/mol. The number of carbonyl (C=O) groups excluding carboxylic acids is 1. The van der Waals surface area contributed by atoms with Crippen molar-refractivity contribution in [3.63, 3.8) is 0 Å². The van der Waals surface area contributed by atoms with Crippen LogP contribution in [0.15, 0.2) is 35.3 Å². The van der Waals surface area contributed by atoms with Crippen LogP contribution in [0.5, 0.6) is 0 Å². The fourth-order valence-electron chi connectivity index (χ4n) is 3.32. The first-order chi connectivity index (χ1) is 13.2. The van der Waals surface area contributed by atoms with Crippen LogP contribution in [0.25, 0.3) is 0 Å². The maximum absolute atomic E-state index is 12.3. The van der Waals surface area contributed by atoms with E-state index in [9.17, 15) is 4.79 Å². The lowest BCUT2D eigenvalue weighted by atomic mass is 10.1. The summed E-state index contributed by atoms with van der Waals surface area (Å²) in [6, 6.07) is 10.5. The third-order valence-electron chi connectivity index (χ3n) is 4.83. The molecule has 28 heavy (non-hydrogen) atoms. The summed E-state index contributed by atoms with van der Waals surface area (Å²) in [5.74, 6) is 0.860. The Hall–Kier alpha value is -1.51. The Kier molecular flexibility index (Phi) is 12.7. The van der Waals surface area contributed by atoms with Crippen LogP contribution in [0.4, 0.5) is 5.69 Å². The summed E-state index contributed by atoms with van der Waals surface area (Å²) in [5.41, 5.74) is 1.26. The van der Waals surface area contributed by atoms with Gasteiger partial charge in [-0.2, -0.15) is 0 Å². The number of halogens is 1. The van der Waals surface area contributed by atoms with E-state index in [4.69, 9.17) is 0 Å². The summed E-state index contributed by atoms with van der Waals surface area (Å²) < 4.78 is 0. The summed E-state index contributed by atoms with van der Waals surface area (Å²) in [6.45, 7) is 9.79. The van der Waals surface area contributed by atoms with Gasteiger partial charge in [0.2, 0.25) is 5.91 Å². The maximum Gasteiger partial charge on any atom is 0.244 e. The number of para-hydroxylation sites is 1. The van der Waals surface area contributed by atoms with Crippen molar-refractivity contribution < 1.29 is 4.79 Å². The van der Waals surface area contributed by atoms with Crippen molar-refractivity contribution in [2.24, 2.45) is 4.99 Å². The van der Waals surface area contributed by atoms with E-state index in [2.05, 4.69) is 51.7 Å². The normalized spacial score (nSPS) is 14.2. The fourth-order valence-corrected chi connectivity index (χ4v) is 3.32. The van der Waals surface area contributed by atoms with Crippen LogP contribution in [0.3, 0.4) is 0 Å². The molecule has 1 heterocycles. The number of rotatable bonds is 9. The van der Waals surface area contributed by atoms with Crippen molar-refractivity contribution >= 4 is 41.5 Å². The summed E-state index contributed by atoms with van der Waals surface area (Å²) >= 11 is 0. The fraction of sp³-hybridized carbons (Fsp3) is 0.619. The van der Waals surface area contributed by atoms with Crippen molar-refractivity contribution in [3.8, 4) is 0 Å². The number of anilines is 1. The number of amides is 1. The maximum atomic E-state index is 12.3. The molecule has 0 bridgehead atoms. The van der Waals surface area contributed by atoms with Crippen LogP contribution in [0.2, 0.25) is 0 Å². The van der Waals surface area contributed by atoms with Gasteiger partial charge in [-0.25, -0.2) is 4.99 Å². The second-order valence-electron chi connectivity index (χ2n) is 6.83. The van der Waals surface area contributed by atoms with Gasteiger partial charge in [0.15, 0.2) is 5.96 Å². The number of likely N-dealkylation sites (tertiary alicyclic amines) is 1. The zero-order chi connectivity index (χ0) is 19.3. The highest BCUT2D eigenvalue weighted by atomic mass is 127. The molecule has 1 aromatic carbocycles. The number of nitrogens with zero attached hydrogens (tertiary/aromatic N) is 3. The Balaban J connectivity index is 0.00000392. The second-order valence-corrected chi connectivity index (χ2v) is 6.83. The minimum Gasteiger partial charge on any atom is -0.372 e. The average Bonchev–Trinajstić information content (AvgIpc) is 2.73. The molecule has 0 atom stereocenters. The van der Waals surface area contributed by atoms with E-state index in [0.29, 0.717) is 0 Å². The summed E-state index contributed by atoms with van der Waals surface area (Å²) in [4.78, 5) is 21.1. The smallest absolute Gasteiger partial charge is 0.244 e. The highest BCUT2D eigenvalue weighted by Crippen LogP contribution is 2.12. The quantitative estimate of drug-likeness (QED) is 0.236. The van der Waals surface area contributed by atoms with Crippen molar-refractivity contribution in [1.82, 2.24) is 15.5 Å². The molecular weight excluding hydrogens is 465 g/mol. The molecule has 0 spiro atoms. The number of carbonyl (C=O) groups is 1. The van der Waals surface area contributed by atoms with Gasteiger partial charge in [-0.3, -0.25) is 4.79 Å². The lowest BCUT2D eigenvalue weighted by molar-refractivity contribution is -0.130. The molecule has 0 aromatic heterocycles. The predicted octanol–water partition coefficient (Wildman–Crippen LogP) is 3.09. The van der Waals surface area contributed by atoms with Crippen LogP contribution in [-0.4, -0.2) is 62.6 Å². The van der Waals surface area contributed by atoms with Gasteiger partial charge in [0.1, 0.15) is 6.54 Å². The van der Waals surface area contributed by atoms with Gasteiger partial charge in [0.25, 0.3) is 0 Å². The van der Waals surface area contributed by atoms with Gasteiger partial charge in [-0.15, -0.1) is 24.0 Å². The number of benzene rings is 1. The third-order valence-corrected chi connectivity index (χ3v) is 4.83. The largest absolute Gasteiger partial charge is 0.372 e. The summed E-state index contributed by atoms with van der Waals surface area (Å²) in [7, 11) is 0. The molecule has 158 valence electrons. The number of aliphatic imine (C=N–C) groups is 1. The Morgan fingerprint density at radius 1 is 1.11 bits per heavy atom. The van der Waals surface area contributed by atoms with Gasteiger partial charge in [-0.05, 0) is 51.7 Å². The molecule has 1 aromatic rings. The van der Waals surface area contributed by atoms with Gasteiger partial charge in [0.05, 0.1) is 0 Å². The van der Waals surface area contributed by atoms with Gasteiger partial charge in [-0.1, -0.05) is 18.2 Å². The molecule has 1 aliphatic heterocycles. The Labute approximate surface area is 187 Å².